The minimum absolute atomic E-state index is 0.0479. The number of methoxy groups -OCH3 is 1. The zero-order chi connectivity index (χ0) is 25.1. The first-order chi connectivity index (χ1) is 16.8. The summed E-state index contributed by atoms with van der Waals surface area (Å²) in [6.07, 6.45) is 3.18. The van der Waals surface area contributed by atoms with E-state index in [0.717, 1.165) is 35.2 Å². The van der Waals surface area contributed by atoms with Gasteiger partial charge in [0, 0.05) is 36.2 Å². The van der Waals surface area contributed by atoms with Gasteiger partial charge in [-0.1, -0.05) is 6.07 Å². The molecule has 0 radical (unpaired) electrons. The van der Waals surface area contributed by atoms with Gasteiger partial charge in [-0.2, -0.15) is 0 Å². The number of nitrogens with zero attached hydrogens (tertiary/aromatic N) is 2. The molecule has 1 amide bonds. The molecule has 0 bridgehead atoms. The van der Waals surface area contributed by atoms with Crippen LogP contribution in [-0.4, -0.2) is 49.9 Å². The van der Waals surface area contributed by atoms with Crippen LogP contribution < -0.4 is 31.3 Å². The molecular formula is C25H33N7O3. The highest BCUT2D eigenvalue weighted by atomic mass is 16.5. The van der Waals surface area contributed by atoms with Gasteiger partial charge in [0.05, 0.1) is 7.11 Å². The molecule has 186 valence electrons. The van der Waals surface area contributed by atoms with Crippen molar-refractivity contribution in [1.82, 2.24) is 15.8 Å². The fourth-order valence-corrected chi connectivity index (χ4v) is 4.08. The molecule has 1 unspecified atom stereocenters. The van der Waals surface area contributed by atoms with Crippen LogP contribution in [-0.2, 0) is 4.79 Å². The Morgan fingerprint density at radius 3 is 2.74 bits per heavy atom. The molecule has 10 heteroatoms. The van der Waals surface area contributed by atoms with Crippen molar-refractivity contribution in [2.24, 2.45) is 4.99 Å². The number of hydrogen-bond donors (Lipinski definition) is 5. The molecule has 6 N–H and O–H groups in total. The molecule has 2 aromatic rings. The van der Waals surface area contributed by atoms with E-state index in [-0.39, 0.29) is 24.7 Å². The molecule has 1 atom stereocenters. The van der Waals surface area contributed by atoms with Gasteiger partial charge in [0.15, 0.2) is 18.1 Å². The zero-order valence-electron chi connectivity index (χ0n) is 20.5. The van der Waals surface area contributed by atoms with Crippen LogP contribution in [0.2, 0.25) is 0 Å². The van der Waals surface area contributed by atoms with Gasteiger partial charge in [0.25, 0.3) is 5.91 Å². The lowest BCUT2D eigenvalue weighted by Crippen LogP contribution is -2.37. The number of aliphatic imine (C=N–C) groups is 1. The summed E-state index contributed by atoms with van der Waals surface area (Å²) >= 11 is 0. The fourth-order valence-electron chi connectivity index (χ4n) is 4.08. The van der Waals surface area contributed by atoms with Crippen LogP contribution >= 0.6 is 0 Å². The molecule has 1 saturated carbocycles. The van der Waals surface area contributed by atoms with E-state index in [0.29, 0.717) is 29.1 Å². The van der Waals surface area contributed by atoms with Crippen molar-refractivity contribution in [3.8, 4) is 11.5 Å². The molecule has 1 aliphatic carbocycles. The second-order valence-electron chi connectivity index (χ2n) is 9.04. The Morgan fingerprint density at radius 1 is 1.31 bits per heavy atom. The number of nitrogens with one attached hydrogen (secondary N) is 4. The lowest BCUT2D eigenvalue weighted by atomic mass is 9.99. The molecule has 0 aromatic heterocycles. The maximum atomic E-state index is 11.9. The maximum absolute atomic E-state index is 11.9. The molecule has 35 heavy (non-hydrogen) atoms. The third kappa shape index (κ3) is 5.48. The number of ether oxygens (including phenoxy) is 2. The number of anilines is 2. The number of guanidine groups is 1. The monoisotopic (exact) mass is 479 g/mol. The average Bonchev–Trinajstić information content (AvgIpc) is 3.60. The third-order valence-corrected chi connectivity index (χ3v) is 5.89. The molecule has 1 heterocycles. The zero-order valence-corrected chi connectivity index (χ0v) is 20.5. The molecule has 2 aromatic carbocycles. The largest absolute Gasteiger partial charge is 0.493 e. The van der Waals surface area contributed by atoms with Crippen molar-refractivity contribution in [1.29, 1.82) is 5.41 Å². The number of carbonyl (C=O) groups is 1. The molecule has 1 fully saturated rings. The van der Waals surface area contributed by atoms with E-state index in [9.17, 15) is 4.79 Å². The molecule has 1 aliphatic heterocycles. The Kier molecular flexibility index (Phi) is 7.11. The van der Waals surface area contributed by atoms with E-state index in [1.54, 1.807) is 13.2 Å². The van der Waals surface area contributed by atoms with Crippen LogP contribution in [0.4, 0.5) is 11.4 Å². The predicted octanol–water partition coefficient (Wildman–Crippen LogP) is 2.97. The van der Waals surface area contributed by atoms with Crippen molar-refractivity contribution < 1.29 is 14.3 Å². The summed E-state index contributed by atoms with van der Waals surface area (Å²) in [5.74, 6) is 1.88. The van der Waals surface area contributed by atoms with Crippen molar-refractivity contribution >= 4 is 29.5 Å². The summed E-state index contributed by atoms with van der Waals surface area (Å²) in [6, 6.07) is 9.33. The Bertz CT molecular complexity index is 1140. The second-order valence-corrected chi connectivity index (χ2v) is 9.04. The number of rotatable bonds is 9. The number of benzene rings is 2. The van der Waals surface area contributed by atoms with E-state index < -0.39 is 0 Å². The summed E-state index contributed by atoms with van der Waals surface area (Å²) in [4.78, 5) is 16.7. The molecule has 2 aliphatic rings. The summed E-state index contributed by atoms with van der Waals surface area (Å²) in [6.45, 7) is 3.71. The SMILES string of the molecule is COc1cc(C2N=C(Nc3ccc(N)c(C=N)c3C3CC3)N(C)N2)ccc1OCC(=O)NC(C)C. The molecule has 0 saturated heterocycles. The van der Waals surface area contributed by atoms with Gasteiger partial charge >= 0.3 is 0 Å². The van der Waals surface area contributed by atoms with Crippen molar-refractivity contribution in [3.63, 3.8) is 0 Å². The maximum Gasteiger partial charge on any atom is 0.258 e. The van der Waals surface area contributed by atoms with Crippen LogP contribution in [0.3, 0.4) is 0 Å². The fraction of sp³-hybridized carbons (Fsp3) is 0.400. The number of nitrogen functional groups attached to an aromatic ring is 1. The first-order valence-corrected chi connectivity index (χ1v) is 11.7. The van der Waals surface area contributed by atoms with E-state index in [2.05, 4.69) is 16.1 Å². The topological polar surface area (TPSA) is 137 Å². The highest BCUT2D eigenvalue weighted by molar-refractivity contribution is 5.98. The lowest BCUT2D eigenvalue weighted by molar-refractivity contribution is -0.123. The highest BCUT2D eigenvalue weighted by Crippen LogP contribution is 2.46. The number of hydrazine groups is 1. The van der Waals surface area contributed by atoms with Gasteiger partial charge in [0.2, 0.25) is 5.96 Å². The van der Waals surface area contributed by atoms with Gasteiger partial charge < -0.3 is 31.3 Å². The van der Waals surface area contributed by atoms with Crippen molar-refractivity contribution in [3.05, 3.63) is 47.0 Å². The van der Waals surface area contributed by atoms with Gasteiger partial charge in [-0.25, -0.2) is 10.4 Å². The van der Waals surface area contributed by atoms with Gasteiger partial charge in [0.1, 0.15) is 6.17 Å². The number of amides is 1. The summed E-state index contributed by atoms with van der Waals surface area (Å²) in [5, 5.41) is 15.9. The Morgan fingerprint density at radius 2 is 2.09 bits per heavy atom. The predicted molar refractivity (Wildman–Crippen MR) is 137 cm³/mol. The first kappa shape index (κ1) is 24.3. The van der Waals surface area contributed by atoms with Crippen molar-refractivity contribution in [2.75, 3.05) is 31.8 Å². The standard InChI is InChI=1S/C25H33N7O3/c1-14(2)28-22(33)13-35-20-10-7-16(11-21(20)34-4)24-30-25(32(3)31-24)29-19-9-8-18(27)17(12-26)23(19)15-5-6-15/h7-12,14-15,24,26,31H,5-6,13,27H2,1-4H3,(H,28,33)(H,29,30). The first-order valence-electron chi connectivity index (χ1n) is 11.7. The quantitative estimate of drug-likeness (QED) is 0.275. The molecule has 0 spiro atoms. The van der Waals surface area contributed by atoms with Crippen molar-refractivity contribution in [2.45, 2.75) is 44.8 Å². The van der Waals surface area contributed by atoms with E-state index in [1.807, 2.05) is 50.2 Å². The number of carbonyl (C=O) groups excluding carboxylic acids is 1. The van der Waals surface area contributed by atoms with E-state index in [4.69, 9.17) is 25.6 Å². The lowest BCUT2D eigenvalue weighted by Gasteiger charge is -2.20. The Hall–Kier alpha value is -3.79. The van der Waals surface area contributed by atoms with Crippen LogP contribution in [0.1, 0.15) is 55.5 Å². The summed E-state index contributed by atoms with van der Waals surface area (Å²) in [5.41, 5.74) is 13.7. The van der Waals surface area contributed by atoms with Gasteiger partial charge in [-0.15, -0.1) is 0 Å². The Balaban J connectivity index is 1.51. The summed E-state index contributed by atoms with van der Waals surface area (Å²) in [7, 11) is 3.45. The van der Waals surface area contributed by atoms with Gasteiger partial charge in [-0.05, 0) is 68.0 Å². The molecule has 4 rings (SSSR count). The number of hydrogen-bond acceptors (Lipinski definition) is 9. The van der Waals surface area contributed by atoms with Crippen LogP contribution in [0, 0.1) is 5.41 Å². The third-order valence-electron chi connectivity index (χ3n) is 5.89. The molecular weight excluding hydrogens is 446 g/mol. The second kappa shape index (κ2) is 10.2. The Labute approximate surface area is 205 Å². The molecule has 10 nitrogen and oxygen atoms in total. The van der Waals surface area contributed by atoms with E-state index in [1.165, 1.54) is 6.21 Å². The minimum Gasteiger partial charge on any atom is -0.493 e. The van der Waals surface area contributed by atoms with Crippen LogP contribution in [0.15, 0.2) is 35.3 Å². The normalized spacial score (nSPS) is 17.2. The van der Waals surface area contributed by atoms with Gasteiger partial charge in [-0.3, -0.25) is 9.80 Å². The smallest absolute Gasteiger partial charge is 0.258 e. The highest BCUT2D eigenvalue weighted by Gasteiger charge is 2.31. The van der Waals surface area contributed by atoms with Crippen LogP contribution in [0.25, 0.3) is 0 Å². The number of nitrogens with two attached hydrogens (primary N) is 1. The van der Waals surface area contributed by atoms with Crippen LogP contribution in [0.5, 0.6) is 11.5 Å². The summed E-state index contributed by atoms with van der Waals surface area (Å²) < 4.78 is 11.2. The average molecular weight is 480 g/mol. The van der Waals surface area contributed by atoms with E-state index >= 15 is 0 Å². The minimum atomic E-state index is -0.338.